The third kappa shape index (κ3) is 4.06. The van der Waals surface area contributed by atoms with Gasteiger partial charge >= 0.3 is 0 Å². The predicted octanol–water partition coefficient (Wildman–Crippen LogP) is 1.02. The highest BCUT2D eigenvalue weighted by atomic mass is 16.1. The second-order valence-corrected chi connectivity index (χ2v) is 4.23. The Morgan fingerprint density at radius 3 is 2.94 bits per heavy atom. The highest BCUT2D eigenvalue weighted by Crippen LogP contribution is 2.05. The molecule has 0 spiro atoms. The van der Waals surface area contributed by atoms with Crippen molar-refractivity contribution < 1.29 is 4.79 Å². The minimum absolute atomic E-state index is 0.0484. The maximum absolute atomic E-state index is 11.7. The molecule has 16 heavy (non-hydrogen) atoms. The molecule has 1 rings (SSSR count). The van der Waals surface area contributed by atoms with Gasteiger partial charge in [-0.05, 0) is 31.0 Å². The van der Waals surface area contributed by atoms with Crippen molar-refractivity contribution in [2.24, 2.45) is 18.7 Å². The van der Waals surface area contributed by atoms with Crippen LogP contribution >= 0.6 is 0 Å². The summed E-state index contributed by atoms with van der Waals surface area (Å²) in [6, 6.07) is 2.00. The molecular formula is C12H21N3O. The molecule has 4 heteroatoms. The first-order valence-electron chi connectivity index (χ1n) is 5.72. The highest BCUT2D eigenvalue weighted by Gasteiger charge is 2.11. The topological polar surface area (TPSA) is 60.1 Å². The van der Waals surface area contributed by atoms with Gasteiger partial charge in [0.05, 0.1) is 0 Å². The van der Waals surface area contributed by atoms with E-state index in [4.69, 9.17) is 5.73 Å². The van der Waals surface area contributed by atoms with Crippen molar-refractivity contribution in [3.05, 3.63) is 24.0 Å². The summed E-state index contributed by atoms with van der Waals surface area (Å²) in [4.78, 5) is 11.7. The maximum Gasteiger partial charge on any atom is 0.223 e. The Morgan fingerprint density at radius 1 is 1.62 bits per heavy atom. The molecule has 1 aromatic rings. The average molecular weight is 223 g/mol. The lowest BCUT2D eigenvalue weighted by Crippen LogP contribution is -2.28. The Balaban J connectivity index is 2.29. The number of hydrogen-bond acceptors (Lipinski definition) is 2. The lowest BCUT2D eigenvalue weighted by molar-refractivity contribution is -0.124. The van der Waals surface area contributed by atoms with E-state index in [9.17, 15) is 4.79 Å². The monoisotopic (exact) mass is 223 g/mol. The molecule has 0 aromatic carbocycles. The molecule has 4 nitrogen and oxygen atoms in total. The van der Waals surface area contributed by atoms with E-state index in [0.717, 1.165) is 18.4 Å². The second-order valence-electron chi connectivity index (χ2n) is 4.23. The maximum atomic E-state index is 11.7. The fourth-order valence-electron chi connectivity index (χ4n) is 1.58. The first-order chi connectivity index (χ1) is 7.63. The van der Waals surface area contributed by atoms with Gasteiger partial charge in [-0.1, -0.05) is 6.92 Å². The van der Waals surface area contributed by atoms with E-state index in [1.165, 1.54) is 0 Å². The number of aryl methyl sites for hydroxylation is 1. The number of nitrogens with two attached hydrogens (primary N) is 1. The minimum Gasteiger partial charge on any atom is -0.357 e. The Kier molecular flexibility index (Phi) is 5.05. The Bertz CT molecular complexity index is 333. The number of carbonyl (C=O) groups excluding carboxylic acids is 1. The molecule has 90 valence electrons. The lowest BCUT2D eigenvalue weighted by Gasteiger charge is -2.10. The summed E-state index contributed by atoms with van der Waals surface area (Å²) in [5, 5.41) is 2.93. The smallest absolute Gasteiger partial charge is 0.223 e. The summed E-state index contributed by atoms with van der Waals surface area (Å²) in [6.45, 7) is 3.19. The number of hydrogen-bond donors (Lipinski definition) is 2. The SMILES string of the molecule is CC(CCCN)C(=O)NCc1ccn(C)c1. The van der Waals surface area contributed by atoms with Gasteiger partial charge in [0, 0.05) is 31.9 Å². The zero-order valence-corrected chi connectivity index (χ0v) is 10.1. The van der Waals surface area contributed by atoms with Gasteiger partial charge in [-0.15, -0.1) is 0 Å². The van der Waals surface area contributed by atoms with Gasteiger partial charge in [0.25, 0.3) is 0 Å². The fourth-order valence-corrected chi connectivity index (χ4v) is 1.58. The van der Waals surface area contributed by atoms with E-state index in [1.807, 2.05) is 37.0 Å². The fraction of sp³-hybridized carbons (Fsp3) is 0.583. The lowest BCUT2D eigenvalue weighted by atomic mass is 10.0. The van der Waals surface area contributed by atoms with Gasteiger partial charge in [-0.3, -0.25) is 4.79 Å². The third-order valence-corrected chi connectivity index (χ3v) is 2.65. The molecule has 3 N–H and O–H groups in total. The molecule has 0 aliphatic heterocycles. The van der Waals surface area contributed by atoms with Crippen LogP contribution in [0.2, 0.25) is 0 Å². The zero-order chi connectivity index (χ0) is 12.0. The molecule has 1 atom stereocenters. The molecule has 0 saturated heterocycles. The van der Waals surface area contributed by atoms with Crippen LogP contribution in [0.1, 0.15) is 25.3 Å². The first kappa shape index (κ1) is 12.8. The Labute approximate surface area is 96.8 Å². The summed E-state index contributed by atoms with van der Waals surface area (Å²) in [7, 11) is 1.97. The van der Waals surface area contributed by atoms with Crippen molar-refractivity contribution in [3.63, 3.8) is 0 Å². The number of nitrogens with zero attached hydrogens (tertiary/aromatic N) is 1. The molecule has 0 radical (unpaired) electrons. The van der Waals surface area contributed by atoms with Crippen LogP contribution in [-0.4, -0.2) is 17.0 Å². The van der Waals surface area contributed by atoms with Crippen LogP contribution in [0.25, 0.3) is 0 Å². The largest absolute Gasteiger partial charge is 0.357 e. The van der Waals surface area contributed by atoms with Crippen LogP contribution in [0.5, 0.6) is 0 Å². The molecule has 1 heterocycles. The second kappa shape index (κ2) is 6.33. The van der Waals surface area contributed by atoms with Crippen LogP contribution in [0.4, 0.5) is 0 Å². The van der Waals surface area contributed by atoms with E-state index in [1.54, 1.807) is 0 Å². The first-order valence-corrected chi connectivity index (χ1v) is 5.72. The molecule has 0 saturated carbocycles. The van der Waals surface area contributed by atoms with Gasteiger partial charge in [0.15, 0.2) is 0 Å². The summed E-state index contributed by atoms with van der Waals surface area (Å²) < 4.78 is 1.97. The molecule has 0 fully saturated rings. The van der Waals surface area contributed by atoms with Gasteiger partial charge in [0.2, 0.25) is 5.91 Å². The normalized spacial score (nSPS) is 12.4. The van der Waals surface area contributed by atoms with Crippen molar-refractivity contribution >= 4 is 5.91 Å². The quantitative estimate of drug-likeness (QED) is 0.756. The van der Waals surface area contributed by atoms with E-state index in [0.29, 0.717) is 13.1 Å². The molecule has 1 unspecified atom stereocenters. The third-order valence-electron chi connectivity index (χ3n) is 2.65. The molecule has 0 bridgehead atoms. The van der Waals surface area contributed by atoms with Crippen LogP contribution < -0.4 is 11.1 Å². The van der Waals surface area contributed by atoms with Crippen molar-refractivity contribution in [3.8, 4) is 0 Å². The van der Waals surface area contributed by atoms with Crippen LogP contribution in [0.3, 0.4) is 0 Å². The minimum atomic E-state index is 0.0484. The van der Waals surface area contributed by atoms with Gasteiger partial charge in [-0.2, -0.15) is 0 Å². The highest BCUT2D eigenvalue weighted by molar-refractivity contribution is 5.78. The molecule has 1 amide bonds. The van der Waals surface area contributed by atoms with E-state index >= 15 is 0 Å². The summed E-state index contributed by atoms with van der Waals surface area (Å²) in [5.41, 5.74) is 6.54. The van der Waals surface area contributed by atoms with Crippen LogP contribution in [0, 0.1) is 5.92 Å². The van der Waals surface area contributed by atoms with E-state index in [2.05, 4.69) is 5.32 Å². The van der Waals surface area contributed by atoms with Gasteiger partial charge in [0.1, 0.15) is 0 Å². The van der Waals surface area contributed by atoms with E-state index < -0.39 is 0 Å². The van der Waals surface area contributed by atoms with Crippen molar-refractivity contribution in [2.75, 3.05) is 6.54 Å². The van der Waals surface area contributed by atoms with Gasteiger partial charge < -0.3 is 15.6 Å². The number of amides is 1. The van der Waals surface area contributed by atoms with Crippen molar-refractivity contribution in [2.45, 2.75) is 26.3 Å². The molecule has 0 aliphatic carbocycles. The molecule has 1 aromatic heterocycles. The van der Waals surface area contributed by atoms with Gasteiger partial charge in [-0.25, -0.2) is 0 Å². The summed E-state index contributed by atoms with van der Waals surface area (Å²) in [5.74, 6) is 0.157. The Morgan fingerprint density at radius 2 is 2.38 bits per heavy atom. The molecule has 0 aliphatic rings. The zero-order valence-electron chi connectivity index (χ0n) is 10.1. The van der Waals surface area contributed by atoms with E-state index in [-0.39, 0.29) is 11.8 Å². The van der Waals surface area contributed by atoms with Crippen LogP contribution in [-0.2, 0) is 18.4 Å². The Hall–Kier alpha value is -1.29. The number of rotatable bonds is 6. The number of aromatic nitrogens is 1. The van der Waals surface area contributed by atoms with Crippen LogP contribution in [0.15, 0.2) is 18.5 Å². The number of nitrogens with one attached hydrogen (secondary N) is 1. The molecular weight excluding hydrogens is 202 g/mol. The standard InChI is InChI=1S/C12H21N3O/c1-10(4-3-6-13)12(16)14-8-11-5-7-15(2)9-11/h5,7,9-10H,3-4,6,8,13H2,1-2H3,(H,14,16). The number of carbonyl (C=O) groups is 1. The average Bonchev–Trinajstić information content (AvgIpc) is 2.68. The van der Waals surface area contributed by atoms with Crippen molar-refractivity contribution in [1.82, 2.24) is 9.88 Å². The summed E-state index contributed by atoms with van der Waals surface area (Å²) in [6.07, 6.45) is 5.74. The van der Waals surface area contributed by atoms with Crippen molar-refractivity contribution in [1.29, 1.82) is 0 Å². The summed E-state index contributed by atoms with van der Waals surface area (Å²) >= 11 is 0. The predicted molar refractivity (Wildman–Crippen MR) is 64.7 cm³/mol.